The van der Waals surface area contributed by atoms with Crippen LogP contribution in [0.3, 0.4) is 0 Å². The standard InChI is InChI=1S/C9H13OSi/c1-8-6-4-5-7-9(8)10-11(2)3/h4-7H,1-3H3. The van der Waals surface area contributed by atoms with Crippen LogP contribution >= 0.6 is 0 Å². The van der Waals surface area contributed by atoms with Crippen LogP contribution in [-0.2, 0) is 0 Å². The Morgan fingerprint density at radius 3 is 2.36 bits per heavy atom. The van der Waals surface area contributed by atoms with Crippen molar-refractivity contribution in [2.45, 2.75) is 20.0 Å². The summed E-state index contributed by atoms with van der Waals surface area (Å²) in [5.41, 5.74) is 1.22. The van der Waals surface area contributed by atoms with Crippen LogP contribution in [0.5, 0.6) is 5.75 Å². The van der Waals surface area contributed by atoms with Crippen LogP contribution < -0.4 is 4.43 Å². The van der Waals surface area contributed by atoms with E-state index in [-0.39, 0.29) is 0 Å². The van der Waals surface area contributed by atoms with Gasteiger partial charge >= 0.3 is 0 Å². The van der Waals surface area contributed by atoms with Gasteiger partial charge in [0, 0.05) is 0 Å². The molecule has 0 aromatic heterocycles. The molecule has 0 atom stereocenters. The molecular weight excluding hydrogens is 152 g/mol. The fourth-order valence-corrected chi connectivity index (χ4v) is 1.56. The van der Waals surface area contributed by atoms with Crippen LogP contribution in [0.4, 0.5) is 0 Å². The van der Waals surface area contributed by atoms with E-state index in [1.54, 1.807) is 0 Å². The Bertz CT molecular complexity index is 233. The predicted molar refractivity (Wildman–Crippen MR) is 49.3 cm³/mol. The second-order valence-electron chi connectivity index (χ2n) is 2.78. The molecule has 59 valence electrons. The normalized spacial score (nSPS) is 10.2. The fraction of sp³-hybridized carbons (Fsp3) is 0.333. The van der Waals surface area contributed by atoms with E-state index in [4.69, 9.17) is 4.43 Å². The Morgan fingerprint density at radius 2 is 1.82 bits per heavy atom. The minimum atomic E-state index is -0.609. The molecular formula is C9H13OSi. The predicted octanol–water partition coefficient (Wildman–Crippen LogP) is 2.62. The van der Waals surface area contributed by atoms with Crippen LogP contribution in [0.2, 0.25) is 13.1 Å². The van der Waals surface area contributed by atoms with Gasteiger partial charge in [-0.2, -0.15) is 0 Å². The summed E-state index contributed by atoms with van der Waals surface area (Å²) in [7, 11) is -0.609. The maximum Gasteiger partial charge on any atom is 0.274 e. The molecule has 1 rings (SSSR count). The first-order valence-corrected chi connectivity index (χ1v) is 6.14. The van der Waals surface area contributed by atoms with Gasteiger partial charge in [-0.3, -0.25) is 0 Å². The molecule has 0 aliphatic carbocycles. The Kier molecular flexibility index (Phi) is 2.71. The van der Waals surface area contributed by atoms with Gasteiger partial charge in [-0.25, -0.2) is 0 Å². The molecule has 1 nitrogen and oxygen atoms in total. The van der Waals surface area contributed by atoms with Crippen molar-refractivity contribution in [3.05, 3.63) is 29.8 Å². The van der Waals surface area contributed by atoms with Gasteiger partial charge in [0.05, 0.1) is 0 Å². The van der Waals surface area contributed by atoms with Gasteiger partial charge in [0.2, 0.25) is 0 Å². The van der Waals surface area contributed by atoms with Crippen molar-refractivity contribution in [1.82, 2.24) is 0 Å². The Labute approximate surface area is 69.7 Å². The van der Waals surface area contributed by atoms with Crippen LogP contribution in [0, 0.1) is 6.92 Å². The van der Waals surface area contributed by atoms with Crippen LogP contribution in [0.15, 0.2) is 24.3 Å². The van der Waals surface area contributed by atoms with Gasteiger partial charge in [0.25, 0.3) is 9.04 Å². The van der Waals surface area contributed by atoms with E-state index in [2.05, 4.69) is 26.1 Å². The quantitative estimate of drug-likeness (QED) is 0.612. The van der Waals surface area contributed by atoms with Gasteiger partial charge in [-0.05, 0) is 31.6 Å². The highest BCUT2D eigenvalue weighted by molar-refractivity contribution is 6.49. The SMILES string of the molecule is Cc1ccccc1O[Si](C)C. The molecule has 2 heteroatoms. The number of rotatable bonds is 2. The highest BCUT2D eigenvalue weighted by Gasteiger charge is 2.01. The smallest absolute Gasteiger partial charge is 0.274 e. The molecule has 1 aromatic carbocycles. The maximum absolute atomic E-state index is 5.65. The molecule has 0 aliphatic heterocycles. The molecule has 0 amide bonds. The second kappa shape index (κ2) is 3.58. The lowest BCUT2D eigenvalue weighted by Gasteiger charge is -2.10. The first-order valence-electron chi connectivity index (χ1n) is 3.74. The molecule has 1 radical (unpaired) electrons. The highest BCUT2D eigenvalue weighted by atomic mass is 28.3. The first kappa shape index (κ1) is 8.33. The van der Waals surface area contributed by atoms with Gasteiger partial charge < -0.3 is 4.43 Å². The second-order valence-corrected chi connectivity index (χ2v) is 4.80. The van der Waals surface area contributed by atoms with Crippen molar-refractivity contribution in [3.63, 3.8) is 0 Å². The van der Waals surface area contributed by atoms with E-state index in [0.717, 1.165) is 5.75 Å². The fourth-order valence-electron chi connectivity index (χ4n) is 0.891. The average Bonchev–Trinajstić information content (AvgIpc) is 1.93. The minimum absolute atomic E-state index is 0.609. The van der Waals surface area contributed by atoms with E-state index >= 15 is 0 Å². The number of hydrogen-bond acceptors (Lipinski definition) is 1. The number of aryl methyl sites for hydroxylation is 1. The third kappa shape index (κ3) is 2.39. The summed E-state index contributed by atoms with van der Waals surface area (Å²) in [6, 6.07) is 8.13. The van der Waals surface area contributed by atoms with E-state index in [1.807, 2.05) is 18.2 Å². The Balaban J connectivity index is 2.78. The summed E-state index contributed by atoms with van der Waals surface area (Å²) in [5.74, 6) is 1.03. The summed E-state index contributed by atoms with van der Waals surface area (Å²) in [6.07, 6.45) is 0. The molecule has 0 spiro atoms. The first-order chi connectivity index (χ1) is 5.20. The van der Waals surface area contributed by atoms with E-state index in [1.165, 1.54) is 5.56 Å². The van der Waals surface area contributed by atoms with Gasteiger partial charge in [-0.1, -0.05) is 18.2 Å². The zero-order chi connectivity index (χ0) is 8.27. The molecule has 11 heavy (non-hydrogen) atoms. The molecule has 1 aromatic rings. The van der Waals surface area contributed by atoms with Crippen molar-refractivity contribution in [2.24, 2.45) is 0 Å². The molecule has 0 saturated carbocycles. The summed E-state index contributed by atoms with van der Waals surface area (Å²) in [4.78, 5) is 0. The monoisotopic (exact) mass is 165 g/mol. The molecule has 0 N–H and O–H groups in total. The third-order valence-electron chi connectivity index (χ3n) is 1.41. The summed E-state index contributed by atoms with van der Waals surface area (Å²) < 4.78 is 5.65. The number of hydrogen-bond donors (Lipinski definition) is 0. The zero-order valence-corrected chi connectivity index (χ0v) is 8.22. The molecule has 0 fully saturated rings. The highest BCUT2D eigenvalue weighted by Crippen LogP contribution is 2.16. The van der Waals surface area contributed by atoms with Gasteiger partial charge in [-0.15, -0.1) is 0 Å². The van der Waals surface area contributed by atoms with Crippen molar-refractivity contribution in [2.75, 3.05) is 0 Å². The van der Waals surface area contributed by atoms with Crippen LogP contribution in [0.25, 0.3) is 0 Å². The lowest BCUT2D eigenvalue weighted by Crippen LogP contribution is -2.11. The zero-order valence-electron chi connectivity index (χ0n) is 7.22. The maximum atomic E-state index is 5.65. The lowest BCUT2D eigenvalue weighted by atomic mass is 10.2. The Morgan fingerprint density at radius 1 is 1.18 bits per heavy atom. The molecule has 0 saturated heterocycles. The largest absolute Gasteiger partial charge is 0.542 e. The molecule has 0 bridgehead atoms. The van der Waals surface area contributed by atoms with E-state index < -0.39 is 9.04 Å². The Hall–Kier alpha value is -0.763. The number of benzene rings is 1. The molecule has 0 unspecified atom stereocenters. The topological polar surface area (TPSA) is 9.23 Å². The third-order valence-corrected chi connectivity index (χ3v) is 2.04. The summed E-state index contributed by atoms with van der Waals surface area (Å²) in [5, 5.41) is 0. The number of para-hydroxylation sites is 1. The van der Waals surface area contributed by atoms with Crippen molar-refractivity contribution in [3.8, 4) is 5.75 Å². The molecule has 0 heterocycles. The van der Waals surface area contributed by atoms with Crippen LogP contribution in [0.1, 0.15) is 5.56 Å². The van der Waals surface area contributed by atoms with E-state index in [9.17, 15) is 0 Å². The molecule has 0 aliphatic rings. The van der Waals surface area contributed by atoms with Crippen molar-refractivity contribution in [1.29, 1.82) is 0 Å². The van der Waals surface area contributed by atoms with E-state index in [0.29, 0.717) is 0 Å². The average molecular weight is 165 g/mol. The van der Waals surface area contributed by atoms with Gasteiger partial charge in [0.15, 0.2) is 0 Å². The minimum Gasteiger partial charge on any atom is -0.542 e. The van der Waals surface area contributed by atoms with Crippen molar-refractivity contribution < 1.29 is 4.43 Å². The summed E-state index contributed by atoms with van der Waals surface area (Å²) >= 11 is 0. The summed E-state index contributed by atoms with van der Waals surface area (Å²) in [6.45, 7) is 6.34. The van der Waals surface area contributed by atoms with Crippen LogP contribution in [-0.4, -0.2) is 9.04 Å². The van der Waals surface area contributed by atoms with Crippen molar-refractivity contribution >= 4 is 9.04 Å². The van der Waals surface area contributed by atoms with Gasteiger partial charge in [0.1, 0.15) is 5.75 Å². The lowest BCUT2D eigenvalue weighted by molar-refractivity contribution is 0.575.